The fourth-order valence-electron chi connectivity index (χ4n) is 1.44. The Kier molecular flexibility index (Phi) is 3.20. The second kappa shape index (κ2) is 4.98. The van der Waals surface area contributed by atoms with Crippen LogP contribution in [0.25, 0.3) is 10.9 Å². The fraction of sp³-hybridized carbons (Fsp3) is 0. The molecule has 0 bridgehead atoms. The number of hydrogen-bond acceptors (Lipinski definition) is 3. The van der Waals surface area contributed by atoms with Gasteiger partial charge in [-0.15, -0.1) is 0 Å². The van der Waals surface area contributed by atoms with Crippen molar-refractivity contribution in [3.63, 3.8) is 0 Å². The van der Waals surface area contributed by atoms with E-state index in [4.69, 9.17) is 0 Å². The molecule has 3 aromatic rings. The zero-order valence-corrected chi connectivity index (χ0v) is 8.95. The van der Waals surface area contributed by atoms with Crippen LogP contribution >= 0.6 is 0 Å². The summed E-state index contributed by atoms with van der Waals surface area (Å²) >= 11 is 0. The number of aromatic nitrogens is 3. The van der Waals surface area contributed by atoms with Gasteiger partial charge in [-0.25, -0.2) is 4.98 Å². The van der Waals surface area contributed by atoms with Gasteiger partial charge in [0, 0.05) is 18.5 Å². The molecule has 0 unspecified atom stereocenters. The average Bonchev–Trinajstić information content (AvgIpc) is 2.88. The summed E-state index contributed by atoms with van der Waals surface area (Å²) in [6.07, 6.45) is 6.45. The Morgan fingerprint density at radius 1 is 1.24 bits per heavy atom. The van der Waals surface area contributed by atoms with Gasteiger partial charge in [-0.3, -0.25) is 0 Å². The van der Waals surface area contributed by atoms with Gasteiger partial charge in [0.15, 0.2) is 11.9 Å². The number of rotatable bonds is 0. The van der Waals surface area contributed by atoms with Crippen LogP contribution in [-0.4, -0.2) is 15.1 Å². The van der Waals surface area contributed by atoms with Crippen molar-refractivity contribution in [3.05, 3.63) is 60.5 Å². The highest BCUT2D eigenvalue weighted by atomic mass is 16.5. The predicted molar refractivity (Wildman–Crippen MR) is 63.2 cm³/mol. The summed E-state index contributed by atoms with van der Waals surface area (Å²) in [5.74, 6) is 0.0168. The molecule has 2 aromatic heterocycles. The first-order chi connectivity index (χ1) is 8.29. The molecule has 0 fully saturated rings. The van der Waals surface area contributed by atoms with E-state index in [0.29, 0.717) is 10.2 Å². The Balaban J connectivity index is 0.000000181. The SMILES string of the molecule is [O-][n+]1cccc2cccc(O)c21.c1c[nH]cn1. The monoisotopic (exact) mass is 229 g/mol. The van der Waals surface area contributed by atoms with Gasteiger partial charge in [-0.05, 0) is 18.2 Å². The third kappa shape index (κ3) is 2.52. The van der Waals surface area contributed by atoms with Crippen molar-refractivity contribution in [2.24, 2.45) is 0 Å². The second-order valence-electron chi connectivity index (χ2n) is 3.31. The van der Waals surface area contributed by atoms with Gasteiger partial charge in [-0.1, -0.05) is 6.07 Å². The minimum Gasteiger partial charge on any atom is -0.618 e. The Bertz CT molecular complexity index is 540. The van der Waals surface area contributed by atoms with E-state index in [1.54, 1.807) is 43.0 Å². The van der Waals surface area contributed by atoms with E-state index in [-0.39, 0.29) is 5.75 Å². The smallest absolute Gasteiger partial charge is 0.265 e. The topological polar surface area (TPSA) is 75.8 Å². The van der Waals surface area contributed by atoms with Crippen molar-refractivity contribution in [1.29, 1.82) is 0 Å². The number of H-pyrrole nitrogens is 1. The normalized spacial score (nSPS) is 9.65. The van der Waals surface area contributed by atoms with Crippen molar-refractivity contribution >= 4 is 10.9 Å². The molecular weight excluding hydrogens is 218 g/mol. The first kappa shape index (κ1) is 10.9. The van der Waals surface area contributed by atoms with Crippen molar-refractivity contribution < 1.29 is 9.84 Å². The molecule has 0 aliphatic rings. The largest absolute Gasteiger partial charge is 0.618 e. The van der Waals surface area contributed by atoms with Crippen LogP contribution in [0.4, 0.5) is 0 Å². The number of aromatic hydroxyl groups is 1. The molecule has 17 heavy (non-hydrogen) atoms. The highest BCUT2D eigenvalue weighted by Gasteiger charge is 2.06. The molecule has 5 heteroatoms. The standard InChI is InChI=1S/C9H7NO2.C3H4N2/c11-8-5-1-3-7-4-2-6-10(12)9(7)8;1-2-5-3-4-1/h1-6,11H;1-3H,(H,4,5). The van der Waals surface area contributed by atoms with Gasteiger partial charge in [0.25, 0.3) is 5.52 Å². The van der Waals surface area contributed by atoms with Crippen LogP contribution < -0.4 is 4.73 Å². The van der Waals surface area contributed by atoms with Crippen LogP contribution in [0.1, 0.15) is 0 Å². The van der Waals surface area contributed by atoms with Crippen LogP contribution in [0.15, 0.2) is 55.2 Å². The summed E-state index contributed by atoms with van der Waals surface area (Å²) in [6.45, 7) is 0. The second-order valence-corrected chi connectivity index (χ2v) is 3.31. The lowest BCUT2D eigenvalue weighted by Crippen LogP contribution is -2.25. The van der Waals surface area contributed by atoms with Crippen LogP contribution in [0.3, 0.4) is 0 Å². The molecule has 0 aliphatic heterocycles. The maximum atomic E-state index is 11.2. The van der Waals surface area contributed by atoms with Gasteiger partial charge in [0.05, 0.1) is 11.7 Å². The Morgan fingerprint density at radius 3 is 2.65 bits per heavy atom. The number of benzene rings is 1. The van der Waals surface area contributed by atoms with Gasteiger partial charge in [0.1, 0.15) is 0 Å². The van der Waals surface area contributed by atoms with Crippen LogP contribution in [0.5, 0.6) is 5.75 Å². The third-order valence-corrected chi connectivity index (χ3v) is 2.17. The van der Waals surface area contributed by atoms with E-state index in [1.807, 2.05) is 0 Å². The molecule has 86 valence electrons. The van der Waals surface area contributed by atoms with Crippen LogP contribution in [0.2, 0.25) is 0 Å². The first-order valence-electron chi connectivity index (χ1n) is 5.01. The summed E-state index contributed by atoms with van der Waals surface area (Å²) in [4.78, 5) is 6.42. The molecule has 2 heterocycles. The highest BCUT2D eigenvalue weighted by molar-refractivity contribution is 5.80. The minimum atomic E-state index is 0.0168. The average molecular weight is 229 g/mol. The number of hydrogen-bond donors (Lipinski definition) is 2. The Hall–Kier alpha value is -2.56. The number of imidazole rings is 1. The maximum absolute atomic E-state index is 11.2. The number of aromatic amines is 1. The van der Waals surface area contributed by atoms with Gasteiger partial charge in [0.2, 0.25) is 0 Å². The lowest BCUT2D eigenvalue weighted by atomic mass is 10.2. The lowest BCUT2D eigenvalue weighted by Gasteiger charge is -2.01. The first-order valence-corrected chi connectivity index (χ1v) is 5.01. The summed E-state index contributed by atoms with van der Waals surface area (Å²) in [7, 11) is 0. The van der Waals surface area contributed by atoms with Crippen molar-refractivity contribution in [2.75, 3.05) is 0 Å². The molecule has 3 rings (SSSR count). The molecule has 5 nitrogen and oxygen atoms in total. The van der Waals surface area contributed by atoms with Crippen LogP contribution in [-0.2, 0) is 0 Å². The van der Waals surface area contributed by atoms with E-state index < -0.39 is 0 Å². The zero-order chi connectivity index (χ0) is 12.1. The highest BCUT2D eigenvalue weighted by Crippen LogP contribution is 2.19. The minimum absolute atomic E-state index is 0.0168. The van der Waals surface area contributed by atoms with E-state index in [9.17, 15) is 10.3 Å². The quantitative estimate of drug-likeness (QED) is 0.454. The number of nitrogens with one attached hydrogen (secondary N) is 1. The molecule has 0 saturated heterocycles. The Morgan fingerprint density at radius 2 is 2.06 bits per heavy atom. The molecule has 2 N–H and O–H groups in total. The lowest BCUT2D eigenvalue weighted by molar-refractivity contribution is -0.577. The van der Waals surface area contributed by atoms with Gasteiger partial charge >= 0.3 is 0 Å². The third-order valence-electron chi connectivity index (χ3n) is 2.17. The molecule has 0 atom stereocenters. The molecule has 1 aromatic carbocycles. The summed E-state index contributed by atoms with van der Waals surface area (Å²) < 4.78 is 0.657. The Labute approximate surface area is 97.6 Å². The molecule has 0 spiro atoms. The zero-order valence-electron chi connectivity index (χ0n) is 8.95. The molecule has 0 saturated carbocycles. The number of pyridine rings is 1. The molecule has 0 aliphatic carbocycles. The van der Waals surface area contributed by atoms with Crippen LogP contribution in [0, 0.1) is 5.21 Å². The maximum Gasteiger partial charge on any atom is 0.265 e. The predicted octanol–water partition coefficient (Wildman–Crippen LogP) is 1.59. The van der Waals surface area contributed by atoms with Crippen molar-refractivity contribution in [1.82, 2.24) is 9.97 Å². The number of phenolic OH excluding ortho intramolecular Hbond substituents is 1. The molecule has 0 radical (unpaired) electrons. The number of para-hydroxylation sites is 1. The summed E-state index contributed by atoms with van der Waals surface area (Å²) in [5, 5.41) is 21.2. The van der Waals surface area contributed by atoms with Gasteiger partial charge < -0.3 is 15.3 Å². The van der Waals surface area contributed by atoms with E-state index >= 15 is 0 Å². The van der Waals surface area contributed by atoms with Gasteiger partial charge in [-0.2, -0.15) is 4.73 Å². The number of nitrogens with zero attached hydrogens (tertiary/aromatic N) is 2. The fourth-order valence-corrected chi connectivity index (χ4v) is 1.44. The number of fused-ring (bicyclic) bond motifs is 1. The van der Waals surface area contributed by atoms with Crippen molar-refractivity contribution in [3.8, 4) is 5.75 Å². The van der Waals surface area contributed by atoms with E-state index in [1.165, 1.54) is 12.3 Å². The summed E-state index contributed by atoms with van der Waals surface area (Å²) in [5.41, 5.74) is 0.319. The van der Waals surface area contributed by atoms with E-state index in [0.717, 1.165) is 5.39 Å². The molecular formula is C12H11N3O2. The van der Waals surface area contributed by atoms with E-state index in [2.05, 4.69) is 9.97 Å². The number of phenols is 1. The van der Waals surface area contributed by atoms with Crippen molar-refractivity contribution in [2.45, 2.75) is 0 Å². The molecule has 0 amide bonds. The summed E-state index contributed by atoms with van der Waals surface area (Å²) in [6, 6.07) is 8.41.